The van der Waals surface area contributed by atoms with E-state index in [4.69, 9.17) is 5.11 Å². The highest BCUT2D eigenvalue weighted by Gasteiger charge is 2.11. The first-order chi connectivity index (χ1) is 4.04. The minimum Gasteiger partial charge on any atom is -0.479 e. The average molecular weight is 150 g/mol. The molecular formula is C3H6N2O3S. The molecule has 0 heterocycles. The molecule has 0 rings (SSSR count). The lowest BCUT2D eigenvalue weighted by atomic mass is 10.6. The monoisotopic (exact) mass is 150 g/mol. The molecule has 0 aliphatic heterocycles. The van der Waals surface area contributed by atoms with E-state index in [9.17, 15) is 9.59 Å². The van der Waals surface area contributed by atoms with Crippen molar-refractivity contribution in [2.24, 2.45) is 5.73 Å². The van der Waals surface area contributed by atoms with Crippen LogP contribution in [0.3, 0.4) is 0 Å². The second-order valence-corrected chi connectivity index (χ2v) is 1.77. The van der Waals surface area contributed by atoms with Gasteiger partial charge in [-0.15, -0.1) is 12.6 Å². The Bertz CT molecular complexity index is 137. The number of hydrogen-bond acceptors (Lipinski definition) is 3. The van der Waals surface area contributed by atoms with E-state index in [1.54, 1.807) is 0 Å². The summed E-state index contributed by atoms with van der Waals surface area (Å²) in [6, 6.07) is -0.905. The Morgan fingerprint density at radius 1 is 1.67 bits per heavy atom. The number of urea groups is 1. The largest absolute Gasteiger partial charge is 0.479 e. The lowest BCUT2D eigenvalue weighted by Crippen LogP contribution is -2.39. The van der Waals surface area contributed by atoms with Crippen molar-refractivity contribution < 1.29 is 14.7 Å². The fourth-order valence-electron chi connectivity index (χ4n) is 0.196. The van der Waals surface area contributed by atoms with Crippen LogP contribution in [0, 0.1) is 0 Å². The molecule has 6 heteroatoms. The zero-order valence-corrected chi connectivity index (χ0v) is 5.26. The van der Waals surface area contributed by atoms with Crippen molar-refractivity contribution >= 4 is 24.6 Å². The topological polar surface area (TPSA) is 92.4 Å². The van der Waals surface area contributed by atoms with E-state index in [1.165, 1.54) is 0 Å². The van der Waals surface area contributed by atoms with Gasteiger partial charge in [0.15, 0.2) is 5.37 Å². The number of hydrogen-bond donors (Lipinski definition) is 4. The number of amides is 2. The van der Waals surface area contributed by atoms with E-state index in [0.717, 1.165) is 0 Å². The van der Waals surface area contributed by atoms with Crippen molar-refractivity contribution in [1.82, 2.24) is 5.32 Å². The third-order valence-corrected chi connectivity index (χ3v) is 0.863. The normalized spacial score (nSPS) is 12.1. The van der Waals surface area contributed by atoms with Crippen LogP contribution in [0.1, 0.15) is 0 Å². The highest BCUT2D eigenvalue weighted by Crippen LogP contribution is 1.86. The van der Waals surface area contributed by atoms with Gasteiger partial charge >= 0.3 is 12.0 Å². The quantitative estimate of drug-likeness (QED) is 0.300. The van der Waals surface area contributed by atoms with Gasteiger partial charge in [-0.1, -0.05) is 0 Å². The minimum absolute atomic E-state index is 0.905. The number of nitrogens with two attached hydrogens (primary N) is 1. The first-order valence-electron chi connectivity index (χ1n) is 2.01. The Labute approximate surface area is 56.6 Å². The van der Waals surface area contributed by atoms with Gasteiger partial charge in [-0.3, -0.25) is 0 Å². The molecule has 2 amide bonds. The zero-order valence-electron chi connectivity index (χ0n) is 4.37. The molecule has 9 heavy (non-hydrogen) atoms. The predicted octanol–water partition coefficient (Wildman–Crippen LogP) is -1.00. The molecule has 4 N–H and O–H groups in total. The molecule has 52 valence electrons. The van der Waals surface area contributed by atoms with E-state index in [0.29, 0.717) is 0 Å². The molecule has 0 fully saturated rings. The van der Waals surface area contributed by atoms with Crippen molar-refractivity contribution in [3.8, 4) is 0 Å². The predicted molar refractivity (Wildman–Crippen MR) is 33.1 cm³/mol. The second-order valence-electron chi connectivity index (χ2n) is 1.25. The maximum absolute atomic E-state index is 9.91. The van der Waals surface area contributed by atoms with Gasteiger partial charge in [-0.25, -0.2) is 9.59 Å². The van der Waals surface area contributed by atoms with Gasteiger partial charge in [0.05, 0.1) is 0 Å². The standard InChI is InChI=1S/C3H6N2O3S/c4-3(8)5-1(9)2(6)7/h1,9H,(H,6,7)(H3,4,5,8). The van der Waals surface area contributed by atoms with Crippen LogP contribution in [0.2, 0.25) is 0 Å². The molecule has 0 radical (unpaired) electrons. The van der Waals surface area contributed by atoms with Crippen molar-refractivity contribution in [2.75, 3.05) is 0 Å². The highest BCUT2D eigenvalue weighted by atomic mass is 32.1. The molecule has 0 aromatic heterocycles. The van der Waals surface area contributed by atoms with Crippen molar-refractivity contribution in [2.45, 2.75) is 5.37 Å². The Kier molecular flexibility index (Phi) is 2.86. The number of primary amides is 1. The summed E-state index contributed by atoms with van der Waals surface area (Å²) >= 11 is 3.45. The van der Waals surface area contributed by atoms with Gasteiger partial charge in [0.2, 0.25) is 0 Å². The molecular weight excluding hydrogens is 144 g/mol. The van der Waals surface area contributed by atoms with Crippen LogP contribution < -0.4 is 11.1 Å². The van der Waals surface area contributed by atoms with Crippen LogP contribution in [0.5, 0.6) is 0 Å². The maximum Gasteiger partial charge on any atom is 0.336 e. The Balaban J connectivity index is 3.63. The second kappa shape index (κ2) is 3.18. The highest BCUT2D eigenvalue weighted by molar-refractivity contribution is 7.81. The smallest absolute Gasteiger partial charge is 0.336 e. The minimum atomic E-state index is -1.24. The van der Waals surface area contributed by atoms with E-state index < -0.39 is 17.4 Å². The number of thiol groups is 1. The number of carboxylic acids is 1. The molecule has 0 spiro atoms. The molecule has 0 bridgehead atoms. The molecule has 0 saturated heterocycles. The number of rotatable bonds is 2. The Morgan fingerprint density at radius 2 is 2.11 bits per heavy atom. The third kappa shape index (κ3) is 3.65. The van der Waals surface area contributed by atoms with Crippen LogP contribution in [-0.4, -0.2) is 22.5 Å². The van der Waals surface area contributed by atoms with Gasteiger partial charge in [0.25, 0.3) is 0 Å². The van der Waals surface area contributed by atoms with Gasteiger partial charge in [-0.05, 0) is 0 Å². The molecule has 5 nitrogen and oxygen atoms in total. The number of carboxylic acid groups (broad SMARTS) is 1. The van der Waals surface area contributed by atoms with E-state index in [1.807, 2.05) is 5.32 Å². The summed E-state index contributed by atoms with van der Waals surface area (Å²) in [7, 11) is 0. The molecule has 1 unspecified atom stereocenters. The fourth-order valence-corrected chi connectivity index (χ4v) is 0.324. The van der Waals surface area contributed by atoms with Gasteiger partial charge in [0.1, 0.15) is 0 Å². The molecule has 1 atom stereocenters. The molecule has 0 aromatic rings. The summed E-state index contributed by atoms with van der Waals surface area (Å²) in [5, 5.41) is 8.71. The van der Waals surface area contributed by atoms with E-state index in [2.05, 4.69) is 18.4 Å². The first kappa shape index (κ1) is 8.09. The van der Waals surface area contributed by atoms with Crippen LogP contribution in [0.25, 0.3) is 0 Å². The molecule has 0 saturated carbocycles. The lowest BCUT2D eigenvalue weighted by molar-refractivity contribution is -0.136. The van der Waals surface area contributed by atoms with Gasteiger partial charge in [-0.2, -0.15) is 0 Å². The summed E-state index contributed by atoms with van der Waals surface area (Å²) in [5.74, 6) is -1.24. The number of aliphatic carboxylic acids is 1. The molecule has 0 aromatic carbocycles. The van der Waals surface area contributed by atoms with Crippen molar-refractivity contribution in [3.63, 3.8) is 0 Å². The number of carbonyl (C=O) groups is 2. The van der Waals surface area contributed by atoms with Crippen LogP contribution >= 0.6 is 12.6 Å². The number of nitrogens with one attached hydrogen (secondary N) is 1. The SMILES string of the molecule is NC(=O)NC(S)C(=O)O. The van der Waals surface area contributed by atoms with Crippen molar-refractivity contribution in [3.05, 3.63) is 0 Å². The summed E-state index contributed by atoms with van der Waals surface area (Å²) in [6.45, 7) is 0. The van der Waals surface area contributed by atoms with Gasteiger partial charge < -0.3 is 16.2 Å². The van der Waals surface area contributed by atoms with Gasteiger partial charge in [0, 0.05) is 0 Å². The third-order valence-electron chi connectivity index (χ3n) is 0.513. The van der Waals surface area contributed by atoms with Crippen LogP contribution in [0.15, 0.2) is 0 Å². The van der Waals surface area contributed by atoms with Crippen molar-refractivity contribution in [1.29, 1.82) is 0 Å². The summed E-state index contributed by atoms with van der Waals surface area (Å²) in [4.78, 5) is 19.8. The summed E-state index contributed by atoms with van der Waals surface area (Å²) in [5.41, 5.74) is 4.57. The maximum atomic E-state index is 9.91. The summed E-state index contributed by atoms with van der Waals surface area (Å²) < 4.78 is 0. The zero-order chi connectivity index (χ0) is 7.44. The first-order valence-corrected chi connectivity index (χ1v) is 2.52. The Morgan fingerprint density at radius 3 is 2.22 bits per heavy atom. The molecule has 0 aliphatic rings. The van der Waals surface area contributed by atoms with E-state index in [-0.39, 0.29) is 0 Å². The lowest BCUT2D eigenvalue weighted by Gasteiger charge is -2.03. The van der Waals surface area contributed by atoms with E-state index >= 15 is 0 Å². The number of carbonyl (C=O) groups excluding carboxylic acids is 1. The average Bonchev–Trinajstić information content (AvgIpc) is 1.63. The molecule has 0 aliphatic carbocycles. The fraction of sp³-hybridized carbons (Fsp3) is 0.333. The summed E-state index contributed by atoms with van der Waals surface area (Å²) in [6.07, 6.45) is 0. The van der Waals surface area contributed by atoms with Crippen LogP contribution in [-0.2, 0) is 4.79 Å². The Hall–Kier alpha value is -0.910. The van der Waals surface area contributed by atoms with Crippen LogP contribution in [0.4, 0.5) is 4.79 Å².